The number of carbonyl (C=O) groups excluding carboxylic acids is 1. The summed E-state index contributed by atoms with van der Waals surface area (Å²) >= 11 is 3.46. The average Bonchev–Trinajstić information content (AvgIpc) is 2.99. The molecule has 1 amide bonds. The van der Waals surface area contributed by atoms with Crippen molar-refractivity contribution in [2.45, 2.75) is 32.7 Å². The highest BCUT2D eigenvalue weighted by Crippen LogP contribution is 2.27. The van der Waals surface area contributed by atoms with Crippen LogP contribution in [0.25, 0.3) is 0 Å². The Morgan fingerprint density at radius 1 is 1.04 bits per heavy atom. The van der Waals surface area contributed by atoms with Crippen LogP contribution in [0, 0.1) is 13.8 Å². The molecule has 5 heteroatoms. The monoisotopic (exact) mass is 412 g/mol. The highest BCUT2D eigenvalue weighted by Gasteiger charge is 2.26. The van der Waals surface area contributed by atoms with Gasteiger partial charge in [0.2, 0.25) is 5.91 Å². The molecule has 0 bridgehead atoms. The van der Waals surface area contributed by atoms with E-state index in [9.17, 15) is 4.79 Å². The summed E-state index contributed by atoms with van der Waals surface area (Å²) in [6, 6.07) is 17.7. The number of hydrogen-bond acceptors (Lipinski definition) is 3. The maximum absolute atomic E-state index is 13.0. The van der Waals surface area contributed by atoms with Crippen molar-refractivity contribution in [3.05, 3.63) is 87.2 Å². The molecule has 1 heterocycles. The van der Waals surface area contributed by atoms with Crippen LogP contribution < -0.4 is 5.32 Å². The molecule has 2 atom stereocenters. The molecule has 0 aliphatic rings. The lowest BCUT2D eigenvalue weighted by molar-refractivity contribution is -0.122. The van der Waals surface area contributed by atoms with Crippen LogP contribution in [0.15, 0.2) is 63.6 Å². The fourth-order valence-corrected chi connectivity index (χ4v) is 3.43. The van der Waals surface area contributed by atoms with Gasteiger partial charge < -0.3 is 9.84 Å². The Morgan fingerprint density at radius 3 is 2.23 bits per heavy atom. The van der Waals surface area contributed by atoms with Gasteiger partial charge in [0.05, 0.1) is 17.7 Å². The molecule has 0 fully saturated rings. The van der Waals surface area contributed by atoms with Crippen molar-refractivity contribution in [1.29, 1.82) is 0 Å². The maximum Gasteiger partial charge on any atom is 0.228 e. The van der Waals surface area contributed by atoms with E-state index in [1.54, 1.807) is 0 Å². The summed E-state index contributed by atoms with van der Waals surface area (Å²) in [5.74, 6) is 0.282. The van der Waals surface area contributed by atoms with Crippen molar-refractivity contribution in [2.75, 3.05) is 0 Å². The van der Waals surface area contributed by atoms with E-state index >= 15 is 0 Å². The number of nitrogens with zero attached hydrogens (tertiary/aromatic N) is 1. The summed E-state index contributed by atoms with van der Waals surface area (Å²) < 4.78 is 6.22. The lowest BCUT2D eigenvalue weighted by Gasteiger charge is -2.22. The van der Waals surface area contributed by atoms with Gasteiger partial charge >= 0.3 is 0 Å². The fourth-order valence-electron chi connectivity index (χ4n) is 3.17. The van der Waals surface area contributed by atoms with E-state index in [-0.39, 0.29) is 17.9 Å². The molecule has 3 aromatic rings. The summed E-state index contributed by atoms with van der Waals surface area (Å²) in [5, 5.41) is 7.15. The number of amides is 1. The summed E-state index contributed by atoms with van der Waals surface area (Å²) in [6.07, 6.45) is 0. The predicted molar refractivity (Wildman–Crippen MR) is 105 cm³/mol. The van der Waals surface area contributed by atoms with Crippen LogP contribution in [0.4, 0.5) is 0 Å². The van der Waals surface area contributed by atoms with Gasteiger partial charge in [-0.1, -0.05) is 63.6 Å². The normalized spacial score (nSPS) is 13.2. The van der Waals surface area contributed by atoms with Gasteiger partial charge in [-0.2, -0.15) is 0 Å². The Balaban J connectivity index is 1.90. The van der Waals surface area contributed by atoms with E-state index in [0.717, 1.165) is 26.9 Å². The van der Waals surface area contributed by atoms with Crippen molar-refractivity contribution in [3.8, 4) is 0 Å². The molecule has 1 aromatic heterocycles. The standard InChI is InChI=1S/C21H21BrN2O2/c1-13(19-14(2)24-26-15(19)3)21(25)23-20(16-7-5-4-6-8-16)17-9-11-18(22)12-10-17/h4-13,20H,1-3H3,(H,23,25)/t13-,20-/m0/s1. The summed E-state index contributed by atoms with van der Waals surface area (Å²) in [4.78, 5) is 13.0. The topological polar surface area (TPSA) is 55.1 Å². The van der Waals surface area contributed by atoms with Gasteiger partial charge in [-0.25, -0.2) is 0 Å². The second kappa shape index (κ2) is 7.87. The Bertz CT molecular complexity index is 869. The van der Waals surface area contributed by atoms with Crippen LogP contribution in [-0.4, -0.2) is 11.1 Å². The van der Waals surface area contributed by atoms with Gasteiger partial charge in [-0.05, 0) is 44.0 Å². The Kier molecular flexibility index (Phi) is 5.57. The van der Waals surface area contributed by atoms with Crippen molar-refractivity contribution in [2.24, 2.45) is 0 Å². The van der Waals surface area contributed by atoms with Crippen LogP contribution >= 0.6 is 15.9 Å². The molecule has 2 aromatic carbocycles. The van der Waals surface area contributed by atoms with Crippen LogP contribution in [0.1, 0.15) is 47.0 Å². The van der Waals surface area contributed by atoms with Crippen molar-refractivity contribution < 1.29 is 9.32 Å². The first-order valence-electron chi connectivity index (χ1n) is 8.51. The first kappa shape index (κ1) is 18.4. The van der Waals surface area contributed by atoms with E-state index < -0.39 is 0 Å². The minimum atomic E-state index is -0.345. The predicted octanol–water partition coefficient (Wildman–Crippen LogP) is 5.06. The molecule has 0 aliphatic carbocycles. The van der Waals surface area contributed by atoms with E-state index in [0.29, 0.717) is 5.76 Å². The summed E-state index contributed by atoms with van der Waals surface area (Å²) in [5.41, 5.74) is 3.67. The summed E-state index contributed by atoms with van der Waals surface area (Å²) in [6.45, 7) is 5.58. The molecular formula is C21H21BrN2O2. The number of hydrogen-bond donors (Lipinski definition) is 1. The first-order valence-corrected chi connectivity index (χ1v) is 9.30. The smallest absolute Gasteiger partial charge is 0.228 e. The Hall–Kier alpha value is -2.40. The molecule has 0 saturated heterocycles. The number of carbonyl (C=O) groups is 1. The lowest BCUT2D eigenvalue weighted by Crippen LogP contribution is -2.33. The number of nitrogens with one attached hydrogen (secondary N) is 1. The molecule has 3 rings (SSSR count). The third-order valence-corrected chi connectivity index (χ3v) is 5.07. The second-order valence-electron chi connectivity index (χ2n) is 6.36. The lowest BCUT2D eigenvalue weighted by atomic mass is 9.95. The molecule has 26 heavy (non-hydrogen) atoms. The van der Waals surface area contributed by atoms with E-state index in [1.165, 1.54) is 0 Å². The zero-order chi connectivity index (χ0) is 18.7. The second-order valence-corrected chi connectivity index (χ2v) is 7.28. The molecule has 134 valence electrons. The number of rotatable bonds is 5. The van der Waals surface area contributed by atoms with E-state index in [1.807, 2.05) is 75.4 Å². The third kappa shape index (κ3) is 3.88. The molecule has 0 unspecified atom stereocenters. The molecule has 0 spiro atoms. The zero-order valence-corrected chi connectivity index (χ0v) is 16.6. The first-order chi connectivity index (χ1) is 12.5. The maximum atomic E-state index is 13.0. The SMILES string of the molecule is Cc1noc(C)c1[C@H](C)C(=O)N[C@@H](c1ccccc1)c1ccc(Br)cc1. The number of halogens is 1. The van der Waals surface area contributed by atoms with Crippen LogP contribution in [0.2, 0.25) is 0 Å². The van der Waals surface area contributed by atoms with Gasteiger partial charge in [0.1, 0.15) is 5.76 Å². The summed E-state index contributed by atoms with van der Waals surface area (Å²) in [7, 11) is 0. The van der Waals surface area contributed by atoms with Gasteiger partial charge in [-0.15, -0.1) is 0 Å². The number of aromatic nitrogens is 1. The van der Waals surface area contributed by atoms with Crippen LogP contribution in [-0.2, 0) is 4.79 Å². The van der Waals surface area contributed by atoms with E-state index in [4.69, 9.17) is 4.52 Å². The minimum Gasteiger partial charge on any atom is -0.361 e. The zero-order valence-electron chi connectivity index (χ0n) is 15.0. The highest BCUT2D eigenvalue weighted by atomic mass is 79.9. The number of aryl methyl sites for hydroxylation is 2. The molecular weight excluding hydrogens is 392 g/mol. The van der Waals surface area contributed by atoms with Gasteiger partial charge in [0, 0.05) is 10.0 Å². The van der Waals surface area contributed by atoms with Gasteiger partial charge in [0.15, 0.2) is 0 Å². The molecule has 0 saturated carbocycles. The van der Waals surface area contributed by atoms with E-state index in [2.05, 4.69) is 26.4 Å². The van der Waals surface area contributed by atoms with Crippen molar-refractivity contribution in [1.82, 2.24) is 10.5 Å². The van der Waals surface area contributed by atoms with Crippen LogP contribution in [0.5, 0.6) is 0 Å². The van der Waals surface area contributed by atoms with Crippen molar-refractivity contribution >= 4 is 21.8 Å². The molecule has 0 aliphatic heterocycles. The third-order valence-electron chi connectivity index (χ3n) is 4.54. The largest absolute Gasteiger partial charge is 0.361 e. The molecule has 0 radical (unpaired) electrons. The average molecular weight is 413 g/mol. The van der Waals surface area contributed by atoms with Gasteiger partial charge in [-0.3, -0.25) is 4.79 Å². The van der Waals surface area contributed by atoms with Gasteiger partial charge in [0.25, 0.3) is 0 Å². The van der Waals surface area contributed by atoms with Crippen LogP contribution in [0.3, 0.4) is 0 Å². The Morgan fingerprint density at radius 2 is 1.65 bits per heavy atom. The minimum absolute atomic E-state index is 0.0591. The quantitative estimate of drug-likeness (QED) is 0.636. The fraction of sp³-hybridized carbons (Fsp3) is 0.238. The molecule has 4 nitrogen and oxygen atoms in total. The Labute approximate surface area is 161 Å². The highest BCUT2D eigenvalue weighted by molar-refractivity contribution is 9.10. The van der Waals surface area contributed by atoms with Crippen molar-refractivity contribution in [3.63, 3.8) is 0 Å². The molecule has 1 N–H and O–H groups in total. The number of benzene rings is 2.